The lowest BCUT2D eigenvalue weighted by molar-refractivity contribution is 0.0950. The summed E-state index contributed by atoms with van der Waals surface area (Å²) in [4.78, 5) is 19.0. The minimum Gasteiger partial charge on any atom is -0.352 e. The van der Waals surface area contributed by atoms with E-state index in [0.29, 0.717) is 5.56 Å². The maximum absolute atomic E-state index is 11.1. The molecule has 0 bridgehead atoms. The molecule has 2 heterocycles. The molecule has 0 spiro atoms. The Labute approximate surface area is 85.3 Å². The van der Waals surface area contributed by atoms with Crippen molar-refractivity contribution in [3.05, 3.63) is 30.4 Å². The van der Waals surface area contributed by atoms with Crippen LogP contribution in [0.5, 0.6) is 0 Å². The molecule has 1 amide bonds. The van der Waals surface area contributed by atoms with Crippen LogP contribution in [0.4, 0.5) is 0 Å². The van der Waals surface area contributed by atoms with E-state index in [2.05, 4.69) is 20.4 Å². The third kappa shape index (κ3) is 1.83. The molecule has 15 heavy (non-hydrogen) atoms. The fourth-order valence-electron chi connectivity index (χ4n) is 1.03. The van der Waals surface area contributed by atoms with Gasteiger partial charge < -0.3 is 9.84 Å². The number of hydrogen-bond donors (Lipinski definition) is 1. The van der Waals surface area contributed by atoms with Gasteiger partial charge in [0.1, 0.15) is 0 Å². The summed E-state index contributed by atoms with van der Waals surface area (Å²) in [6, 6.07) is 3.52. The van der Waals surface area contributed by atoms with Crippen LogP contribution >= 0.6 is 0 Å². The molecule has 0 fully saturated rings. The van der Waals surface area contributed by atoms with E-state index in [1.54, 1.807) is 24.5 Å². The Morgan fingerprint density at radius 2 is 2.40 bits per heavy atom. The van der Waals surface area contributed by atoms with E-state index in [1.807, 2.05) is 0 Å². The monoisotopic (exact) mass is 204 g/mol. The van der Waals surface area contributed by atoms with Gasteiger partial charge in [-0.25, -0.2) is 0 Å². The number of rotatable bonds is 2. The third-order valence-electron chi connectivity index (χ3n) is 1.76. The second-order valence-electron chi connectivity index (χ2n) is 2.74. The van der Waals surface area contributed by atoms with Crippen molar-refractivity contribution in [2.45, 2.75) is 0 Å². The highest BCUT2D eigenvalue weighted by Crippen LogP contribution is 2.14. The first-order chi connectivity index (χ1) is 7.31. The Hall–Kier alpha value is -2.24. The second-order valence-corrected chi connectivity index (χ2v) is 2.74. The van der Waals surface area contributed by atoms with Crippen LogP contribution in [0.3, 0.4) is 0 Å². The van der Waals surface area contributed by atoms with Crippen molar-refractivity contribution in [1.29, 1.82) is 0 Å². The quantitative estimate of drug-likeness (QED) is 0.769. The summed E-state index contributed by atoms with van der Waals surface area (Å²) >= 11 is 0. The van der Waals surface area contributed by atoms with Gasteiger partial charge in [0, 0.05) is 19.4 Å². The van der Waals surface area contributed by atoms with Crippen LogP contribution in [0.15, 0.2) is 29.0 Å². The van der Waals surface area contributed by atoms with Crippen LogP contribution in [0.1, 0.15) is 10.6 Å². The molecule has 0 aromatic carbocycles. The van der Waals surface area contributed by atoms with Gasteiger partial charge in [0.25, 0.3) is 17.6 Å². The van der Waals surface area contributed by atoms with Crippen LogP contribution in [-0.2, 0) is 0 Å². The maximum Gasteiger partial charge on any atom is 0.292 e. The highest BCUT2D eigenvalue weighted by atomic mass is 16.5. The third-order valence-corrected chi connectivity index (χ3v) is 1.76. The summed E-state index contributed by atoms with van der Waals surface area (Å²) in [5.74, 6) is -0.0908. The molecular formula is C9H8N4O2. The molecule has 0 saturated heterocycles. The fraction of sp³-hybridized carbons (Fsp3) is 0.111. The average molecular weight is 204 g/mol. The van der Waals surface area contributed by atoms with Crippen molar-refractivity contribution >= 4 is 5.91 Å². The number of hydrogen-bond acceptors (Lipinski definition) is 5. The molecule has 0 aliphatic heterocycles. The molecular weight excluding hydrogens is 196 g/mol. The van der Waals surface area contributed by atoms with Crippen LogP contribution in [-0.4, -0.2) is 28.1 Å². The van der Waals surface area contributed by atoms with Gasteiger partial charge in [-0.3, -0.25) is 9.78 Å². The normalized spacial score (nSPS) is 9.93. The molecule has 0 aliphatic rings. The van der Waals surface area contributed by atoms with E-state index >= 15 is 0 Å². The van der Waals surface area contributed by atoms with Crippen LogP contribution in [0.25, 0.3) is 11.5 Å². The smallest absolute Gasteiger partial charge is 0.292 e. The SMILES string of the molecule is CNC(=O)c1noc(-c2cccnc2)n1. The molecule has 0 unspecified atom stereocenters. The lowest BCUT2D eigenvalue weighted by Crippen LogP contribution is -2.19. The lowest BCUT2D eigenvalue weighted by atomic mass is 10.3. The Morgan fingerprint density at radius 1 is 1.53 bits per heavy atom. The minimum atomic E-state index is -0.381. The van der Waals surface area contributed by atoms with E-state index in [0.717, 1.165) is 0 Å². The molecule has 76 valence electrons. The molecule has 6 heteroatoms. The molecule has 2 rings (SSSR count). The van der Waals surface area contributed by atoms with Gasteiger partial charge in [-0.05, 0) is 12.1 Å². The van der Waals surface area contributed by atoms with E-state index < -0.39 is 0 Å². The standard InChI is InChI=1S/C9H8N4O2/c1-10-8(14)7-12-9(15-13-7)6-3-2-4-11-5-6/h2-5H,1H3,(H,10,14). The minimum absolute atomic E-state index is 0.0105. The molecule has 0 saturated carbocycles. The molecule has 0 aliphatic carbocycles. The predicted molar refractivity (Wildman–Crippen MR) is 50.9 cm³/mol. The summed E-state index contributed by atoms with van der Waals surface area (Å²) in [5, 5.41) is 5.94. The highest BCUT2D eigenvalue weighted by molar-refractivity contribution is 5.90. The molecule has 1 N–H and O–H groups in total. The highest BCUT2D eigenvalue weighted by Gasteiger charge is 2.13. The Balaban J connectivity index is 2.32. The molecule has 0 radical (unpaired) electrons. The maximum atomic E-state index is 11.1. The molecule has 6 nitrogen and oxygen atoms in total. The van der Waals surface area contributed by atoms with E-state index in [-0.39, 0.29) is 17.6 Å². The molecule has 2 aromatic rings. The first kappa shape index (κ1) is 9.32. The molecule has 2 aromatic heterocycles. The van der Waals surface area contributed by atoms with Crippen molar-refractivity contribution in [3.63, 3.8) is 0 Å². The Kier molecular flexibility index (Phi) is 2.40. The van der Waals surface area contributed by atoms with Crippen molar-refractivity contribution in [2.24, 2.45) is 0 Å². The largest absolute Gasteiger partial charge is 0.352 e. The van der Waals surface area contributed by atoms with Gasteiger partial charge in [-0.15, -0.1) is 0 Å². The van der Waals surface area contributed by atoms with Gasteiger partial charge >= 0.3 is 0 Å². The van der Waals surface area contributed by atoms with Crippen molar-refractivity contribution < 1.29 is 9.32 Å². The van der Waals surface area contributed by atoms with Crippen LogP contribution in [0.2, 0.25) is 0 Å². The molecule has 0 atom stereocenters. The number of carbonyl (C=O) groups is 1. The van der Waals surface area contributed by atoms with Gasteiger partial charge in [0.2, 0.25) is 0 Å². The average Bonchev–Trinajstić information content (AvgIpc) is 2.78. The van der Waals surface area contributed by atoms with E-state index in [9.17, 15) is 4.79 Å². The number of carbonyl (C=O) groups excluding carboxylic acids is 1. The summed E-state index contributed by atoms with van der Waals surface area (Å²) in [7, 11) is 1.50. The van der Waals surface area contributed by atoms with Crippen molar-refractivity contribution in [3.8, 4) is 11.5 Å². The van der Waals surface area contributed by atoms with Crippen LogP contribution < -0.4 is 5.32 Å². The van der Waals surface area contributed by atoms with Crippen LogP contribution in [0, 0.1) is 0 Å². The van der Waals surface area contributed by atoms with E-state index in [4.69, 9.17) is 4.52 Å². The number of nitrogens with zero attached hydrogens (tertiary/aromatic N) is 3. The van der Waals surface area contributed by atoms with Gasteiger partial charge in [0.05, 0.1) is 5.56 Å². The van der Waals surface area contributed by atoms with Gasteiger partial charge in [0.15, 0.2) is 0 Å². The summed E-state index contributed by atoms with van der Waals surface area (Å²) in [6.45, 7) is 0. The van der Waals surface area contributed by atoms with Crippen molar-refractivity contribution in [2.75, 3.05) is 7.05 Å². The number of aromatic nitrogens is 3. The summed E-state index contributed by atoms with van der Waals surface area (Å²) < 4.78 is 4.91. The summed E-state index contributed by atoms with van der Waals surface area (Å²) in [6.07, 6.45) is 3.22. The second kappa shape index (κ2) is 3.87. The zero-order valence-corrected chi connectivity index (χ0v) is 7.97. The lowest BCUT2D eigenvalue weighted by Gasteiger charge is -1.90. The Morgan fingerprint density at radius 3 is 3.07 bits per heavy atom. The first-order valence-corrected chi connectivity index (χ1v) is 4.27. The predicted octanol–water partition coefficient (Wildman–Crippen LogP) is 0.491. The van der Waals surface area contributed by atoms with E-state index in [1.165, 1.54) is 7.05 Å². The Bertz CT molecular complexity index is 466. The zero-order chi connectivity index (χ0) is 10.7. The zero-order valence-electron chi connectivity index (χ0n) is 7.97. The number of nitrogens with one attached hydrogen (secondary N) is 1. The summed E-state index contributed by atoms with van der Waals surface area (Å²) in [5.41, 5.74) is 0.681. The number of amides is 1. The topological polar surface area (TPSA) is 80.9 Å². The van der Waals surface area contributed by atoms with Crippen molar-refractivity contribution in [1.82, 2.24) is 20.4 Å². The van der Waals surface area contributed by atoms with Gasteiger partial charge in [-0.2, -0.15) is 4.98 Å². The van der Waals surface area contributed by atoms with Gasteiger partial charge in [-0.1, -0.05) is 5.16 Å². The number of pyridine rings is 1. The fourth-order valence-corrected chi connectivity index (χ4v) is 1.03. The first-order valence-electron chi connectivity index (χ1n) is 4.27.